The van der Waals surface area contributed by atoms with Gasteiger partial charge in [-0.15, -0.1) is 0 Å². The molecule has 0 radical (unpaired) electrons. The van der Waals surface area contributed by atoms with Crippen molar-refractivity contribution in [3.8, 4) is 0 Å². The van der Waals surface area contributed by atoms with Gasteiger partial charge >= 0.3 is 0 Å². The Morgan fingerprint density at radius 2 is 1.97 bits per heavy atom. The van der Waals surface area contributed by atoms with Crippen molar-refractivity contribution in [3.63, 3.8) is 0 Å². The van der Waals surface area contributed by atoms with Crippen LogP contribution in [0.2, 0.25) is 5.15 Å². The maximum atomic E-state index is 12.8. The number of fused-ring (bicyclic) bond motifs is 1. The number of pyridine rings is 1. The Labute approximate surface area is 184 Å². The van der Waals surface area contributed by atoms with Gasteiger partial charge in [0, 0.05) is 17.2 Å². The zero-order valence-corrected chi connectivity index (χ0v) is 18.0. The molecule has 0 bridgehead atoms. The van der Waals surface area contributed by atoms with Gasteiger partial charge in [-0.1, -0.05) is 39.7 Å². The minimum Gasteiger partial charge on any atom is -0.350 e. The lowest BCUT2D eigenvalue weighted by atomic mass is 10.2. The molecule has 0 saturated heterocycles. The van der Waals surface area contributed by atoms with E-state index in [-0.39, 0.29) is 16.6 Å². The Bertz CT molecular complexity index is 1270. The van der Waals surface area contributed by atoms with Crippen LogP contribution in [-0.4, -0.2) is 36.8 Å². The van der Waals surface area contributed by atoms with Gasteiger partial charge in [0.1, 0.15) is 16.9 Å². The summed E-state index contributed by atoms with van der Waals surface area (Å²) in [6.45, 7) is 1.07. The van der Waals surface area contributed by atoms with E-state index < -0.39 is 0 Å². The van der Waals surface area contributed by atoms with Crippen molar-refractivity contribution in [2.24, 2.45) is 0 Å². The second-order valence-corrected chi connectivity index (χ2v) is 7.78. The van der Waals surface area contributed by atoms with Crippen LogP contribution in [0.25, 0.3) is 11.0 Å². The standard InChI is InChI=1S/C20H16BrClN6O2/c21-14-5-3-13(4-6-14)11-27-12-25-18-16(20(27)30)10-26-28(18)9-8-24-19(29)15-2-1-7-23-17(15)22/h1-7,10,12H,8-9,11H2,(H,24,29). The number of amides is 1. The fraction of sp³-hybridized carbons (Fsp3) is 0.150. The lowest BCUT2D eigenvalue weighted by molar-refractivity contribution is 0.0952. The average Bonchev–Trinajstić information content (AvgIpc) is 3.15. The van der Waals surface area contributed by atoms with Crippen LogP contribution >= 0.6 is 27.5 Å². The molecule has 0 unspecified atom stereocenters. The second kappa shape index (κ2) is 8.76. The number of hydrogen-bond acceptors (Lipinski definition) is 5. The number of benzene rings is 1. The first-order valence-electron chi connectivity index (χ1n) is 9.07. The van der Waals surface area contributed by atoms with Gasteiger partial charge in [-0.05, 0) is 29.8 Å². The Kier molecular flexibility index (Phi) is 5.91. The van der Waals surface area contributed by atoms with Gasteiger partial charge in [-0.3, -0.25) is 14.2 Å². The number of carbonyl (C=O) groups is 1. The number of nitrogens with zero attached hydrogens (tertiary/aromatic N) is 5. The molecular weight excluding hydrogens is 472 g/mol. The maximum Gasteiger partial charge on any atom is 0.264 e. The smallest absolute Gasteiger partial charge is 0.264 e. The second-order valence-electron chi connectivity index (χ2n) is 6.51. The summed E-state index contributed by atoms with van der Waals surface area (Å²) in [6.07, 6.45) is 4.53. The molecule has 3 aromatic heterocycles. The van der Waals surface area contributed by atoms with Crippen molar-refractivity contribution in [3.05, 3.63) is 86.2 Å². The van der Waals surface area contributed by atoms with Crippen LogP contribution in [0.5, 0.6) is 0 Å². The highest BCUT2D eigenvalue weighted by Gasteiger charge is 2.12. The number of carbonyl (C=O) groups excluding carboxylic acids is 1. The first kappa shape index (κ1) is 20.2. The highest BCUT2D eigenvalue weighted by molar-refractivity contribution is 9.10. The largest absolute Gasteiger partial charge is 0.350 e. The molecule has 0 aliphatic rings. The summed E-state index contributed by atoms with van der Waals surface area (Å²) >= 11 is 9.33. The van der Waals surface area contributed by atoms with Crippen LogP contribution < -0.4 is 10.9 Å². The zero-order chi connectivity index (χ0) is 21.1. The van der Waals surface area contributed by atoms with Crippen LogP contribution in [-0.2, 0) is 13.1 Å². The Morgan fingerprint density at radius 3 is 2.73 bits per heavy atom. The SMILES string of the molecule is O=C(NCCn1ncc2c(=O)n(Cc3ccc(Br)cc3)cnc21)c1cccnc1Cl. The maximum absolute atomic E-state index is 12.8. The van der Waals surface area contributed by atoms with E-state index in [0.717, 1.165) is 10.0 Å². The fourth-order valence-electron chi connectivity index (χ4n) is 2.99. The highest BCUT2D eigenvalue weighted by Crippen LogP contribution is 2.13. The summed E-state index contributed by atoms with van der Waals surface area (Å²) in [5.41, 5.74) is 1.60. The first-order valence-corrected chi connectivity index (χ1v) is 10.2. The van der Waals surface area contributed by atoms with Crippen molar-refractivity contribution in [1.82, 2.24) is 29.6 Å². The molecule has 1 amide bonds. The first-order chi connectivity index (χ1) is 14.5. The topological polar surface area (TPSA) is 94.7 Å². The summed E-state index contributed by atoms with van der Waals surface area (Å²) in [5.74, 6) is -0.325. The monoisotopic (exact) mass is 486 g/mol. The van der Waals surface area contributed by atoms with E-state index >= 15 is 0 Å². The number of hydrogen-bond donors (Lipinski definition) is 1. The summed E-state index contributed by atoms with van der Waals surface area (Å²) in [4.78, 5) is 33.3. The summed E-state index contributed by atoms with van der Waals surface area (Å²) < 4.78 is 4.11. The quantitative estimate of drug-likeness (QED) is 0.422. The lowest BCUT2D eigenvalue weighted by Crippen LogP contribution is -2.28. The summed E-state index contributed by atoms with van der Waals surface area (Å²) in [6, 6.07) is 11.0. The van der Waals surface area contributed by atoms with Crippen molar-refractivity contribution >= 4 is 44.5 Å². The Balaban J connectivity index is 1.46. The minimum absolute atomic E-state index is 0.146. The third-order valence-electron chi connectivity index (χ3n) is 4.50. The van der Waals surface area contributed by atoms with Gasteiger partial charge in [0.15, 0.2) is 5.65 Å². The number of aromatic nitrogens is 5. The van der Waals surface area contributed by atoms with Crippen molar-refractivity contribution in [2.75, 3.05) is 6.54 Å². The zero-order valence-electron chi connectivity index (χ0n) is 15.6. The predicted molar refractivity (Wildman–Crippen MR) is 117 cm³/mol. The fourth-order valence-corrected chi connectivity index (χ4v) is 3.46. The molecule has 1 aromatic carbocycles. The van der Waals surface area contributed by atoms with Gasteiger partial charge in [0.05, 0.1) is 24.8 Å². The van der Waals surface area contributed by atoms with Crippen LogP contribution in [0.1, 0.15) is 15.9 Å². The molecule has 4 rings (SSSR count). The molecule has 0 spiro atoms. The van der Waals surface area contributed by atoms with Crippen molar-refractivity contribution < 1.29 is 4.79 Å². The molecule has 4 aromatic rings. The normalized spacial score (nSPS) is 11.0. The van der Waals surface area contributed by atoms with E-state index in [1.807, 2.05) is 24.3 Å². The van der Waals surface area contributed by atoms with Gasteiger partial charge in [-0.25, -0.2) is 14.6 Å². The number of nitrogens with one attached hydrogen (secondary N) is 1. The van der Waals surface area contributed by atoms with Crippen LogP contribution in [0.15, 0.2) is 64.4 Å². The molecule has 0 saturated carbocycles. The summed E-state index contributed by atoms with van der Waals surface area (Å²) in [7, 11) is 0. The molecule has 1 N–H and O–H groups in total. The van der Waals surface area contributed by atoms with Gasteiger partial charge in [0.2, 0.25) is 0 Å². The third kappa shape index (κ3) is 4.27. The molecule has 0 aliphatic carbocycles. The number of rotatable bonds is 6. The molecule has 3 heterocycles. The summed E-state index contributed by atoms with van der Waals surface area (Å²) in [5, 5.41) is 7.59. The molecule has 10 heteroatoms. The molecular formula is C20H16BrClN6O2. The van der Waals surface area contributed by atoms with E-state index in [0.29, 0.717) is 36.2 Å². The van der Waals surface area contributed by atoms with E-state index in [4.69, 9.17) is 11.6 Å². The molecule has 8 nitrogen and oxygen atoms in total. The number of halogens is 2. The lowest BCUT2D eigenvalue weighted by Gasteiger charge is -2.08. The van der Waals surface area contributed by atoms with Crippen LogP contribution in [0.4, 0.5) is 0 Å². The van der Waals surface area contributed by atoms with Gasteiger partial charge in [0.25, 0.3) is 11.5 Å². The Morgan fingerprint density at radius 1 is 1.17 bits per heavy atom. The molecule has 0 fully saturated rings. The van der Waals surface area contributed by atoms with E-state index in [9.17, 15) is 9.59 Å². The van der Waals surface area contributed by atoms with Gasteiger partial charge in [-0.2, -0.15) is 5.10 Å². The van der Waals surface area contributed by atoms with Gasteiger partial charge < -0.3 is 5.32 Å². The molecule has 30 heavy (non-hydrogen) atoms. The van der Waals surface area contributed by atoms with Crippen molar-refractivity contribution in [2.45, 2.75) is 13.1 Å². The molecule has 0 aliphatic heterocycles. The average molecular weight is 488 g/mol. The van der Waals surface area contributed by atoms with Crippen LogP contribution in [0, 0.1) is 0 Å². The predicted octanol–water partition coefficient (Wildman–Crippen LogP) is 2.88. The van der Waals surface area contributed by atoms with Crippen molar-refractivity contribution in [1.29, 1.82) is 0 Å². The Hall–Kier alpha value is -3.04. The highest BCUT2D eigenvalue weighted by atomic mass is 79.9. The molecule has 152 valence electrons. The third-order valence-corrected chi connectivity index (χ3v) is 5.33. The van der Waals surface area contributed by atoms with Crippen LogP contribution in [0.3, 0.4) is 0 Å². The van der Waals surface area contributed by atoms with E-state index in [1.165, 1.54) is 18.7 Å². The van der Waals surface area contributed by atoms with E-state index in [1.54, 1.807) is 21.4 Å². The van der Waals surface area contributed by atoms with E-state index in [2.05, 4.69) is 36.3 Å². The minimum atomic E-state index is -0.325. The molecule has 0 atom stereocenters.